The van der Waals surface area contributed by atoms with Gasteiger partial charge in [0.2, 0.25) is 0 Å². The van der Waals surface area contributed by atoms with Crippen molar-refractivity contribution in [3.05, 3.63) is 53.8 Å². The SMILES string of the molecule is Clc1ccn2c(-c3cccc(N4CCCC4)c3)cnc2c1. The van der Waals surface area contributed by atoms with Gasteiger partial charge in [-0.25, -0.2) is 4.98 Å². The maximum atomic E-state index is 6.03. The van der Waals surface area contributed by atoms with Crippen LogP contribution in [0.2, 0.25) is 5.02 Å². The van der Waals surface area contributed by atoms with Gasteiger partial charge in [-0.3, -0.25) is 4.40 Å². The molecule has 1 fully saturated rings. The van der Waals surface area contributed by atoms with Gasteiger partial charge in [-0.1, -0.05) is 23.7 Å². The molecule has 3 nitrogen and oxygen atoms in total. The van der Waals surface area contributed by atoms with Crippen molar-refractivity contribution < 1.29 is 0 Å². The third-order valence-electron chi connectivity index (χ3n) is 4.09. The van der Waals surface area contributed by atoms with Crippen molar-refractivity contribution in [1.29, 1.82) is 0 Å². The van der Waals surface area contributed by atoms with Crippen LogP contribution in [0.5, 0.6) is 0 Å². The number of hydrogen-bond acceptors (Lipinski definition) is 2. The molecule has 3 aromatic rings. The predicted octanol–water partition coefficient (Wildman–Crippen LogP) is 4.25. The van der Waals surface area contributed by atoms with Gasteiger partial charge in [-0.15, -0.1) is 0 Å². The number of imidazole rings is 1. The molecule has 0 radical (unpaired) electrons. The maximum Gasteiger partial charge on any atom is 0.138 e. The Kier molecular flexibility index (Phi) is 3.08. The van der Waals surface area contributed by atoms with E-state index in [1.54, 1.807) is 0 Å². The van der Waals surface area contributed by atoms with Crippen molar-refractivity contribution in [2.24, 2.45) is 0 Å². The Balaban J connectivity index is 1.79. The van der Waals surface area contributed by atoms with E-state index in [4.69, 9.17) is 11.6 Å². The normalized spacial score (nSPS) is 15.0. The first-order chi connectivity index (χ1) is 10.3. The van der Waals surface area contributed by atoms with Crippen LogP contribution in [0.3, 0.4) is 0 Å². The highest BCUT2D eigenvalue weighted by molar-refractivity contribution is 6.30. The minimum atomic E-state index is 0.713. The van der Waals surface area contributed by atoms with Crippen LogP contribution in [0, 0.1) is 0 Å². The minimum Gasteiger partial charge on any atom is -0.372 e. The van der Waals surface area contributed by atoms with Crippen LogP contribution in [-0.4, -0.2) is 22.5 Å². The lowest BCUT2D eigenvalue weighted by Gasteiger charge is -2.18. The van der Waals surface area contributed by atoms with Gasteiger partial charge in [0, 0.05) is 41.6 Å². The van der Waals surface area contributed by atoms with Crippen LogP contribution in [0.4, 0.5) is 5.69 Å². The van der Waals surface area contributed by atoms with Crippen molar-refractivity contribution in [2.45, 2.75) is 12.8 Å². The first-order valence-electron chi connectivity index (χ1n) is 7.29. The topological polar surface area (TPSA) is 20.5 Å². The van der Waals surface area contributed by atoms with Crippen LogP contribution in [0.15, 0.2) is 48.8 Å². The van der Waals surface area contributed by atoms with Gasteiger partial charge in [-0.2, -0.15) is 0 Å². The number of benzene rings is 1. The summed E-state index contributed by atoms with van der Waals surface area (Å²) < 4.78 is 2.08. The van der Waals surface area contributed by atoms with Gasteiger partial charge in [0.1, 0.15) is 5.65 Å². The van der Waals surface area contributed by atoms with Crippen LogP contribution < -0.4 is 4.90 Å². The summed E-state index contributed by atoms with van der Waals surface area (Å²) >= 11 is 6.03. The quantitative estimate of drug-likeness (QED) is 0.705. The van der Waals surface area contributed by atoms with E-state index in [0.717, 1.165) is 24.4 Å². The molecule has 1 aliphatic rings. The summed E-state index contributed by atoms with van der Waals surface area (Å²) in [6, 6.07) is 12.5. The molecule has 1 saturated heterocycles. The Morgan fingerprint density at radius 3 is 2.76 bits per heavy atom. The molecule has 0 unspecified atom stereocenters. The van der Waals surface area contributed by atoms with E-state index in [-0.39, 0.29) is 0 Å². The fraction of sp³-hybridized carbons (Fsp3) is 0.235. The molecule has 0 spiro atoms. The summed E-state index contributed by atoms with van der Waals surface area (Å²) in [5.41, 5.74) is 4.47. The molecule has 1 aliphatic heterocycles. The smallest absolute Gasteiger partial charge is 0.138 e. The standard InChI is InChI=1S/C17H16ClN3/c18-14-6-9-21-16(12-19-17(21)11-14)13-4-3-5-15(10-13)20-7-1-2-8-20/h3-6,9-12H,1-2,7-8H2. The van der Waals surface area contributed by atoms with Crippen molar-refractivity contribution in [3.63, 3.8) is 0 Å². The highest BCUT2D eigenvalue weighted by Crippen LogP contribution is 2.28. The van der Waals surface area contributed by atoms with Crippen molar-refractivity contribution in [1.82, 2.24) is 9.38 Å². The monoisotopic (exact) mass is 297 g/mol. The second-order valence-corrected chi connectivity index (χ2v) is 5.90. The highest BCUT2D eigenvalue weighted by Gasteiger charge is 2.13. The summed E-state index contributed by atoms with van der Waals surface area (Å²) in [5.74, 6) is 0. The number of fused-ring (bicyclic) bond motifs is 1. The van der Waals surface area contributed by atoms with Crippen LogP contribution in [0.1, 0.15) is 12.8 Å². The molecule has 1 aromatic carbocycles. The summed E-state index contributed by atoms with van der Waals surface area (Å²) in [7, 11) is 0. The molecule has 4 heteroatoms. The fourth-order valence-electron chi connectivity index (χ4n) is 3.01. The van der Waals surface area contributed by atoms with E-state index in [0.29, 0.717) is 5.02 Å². The second-order valence-electron chi connectivity index (χ2n) is 5.46. The number of pyridine rings is 1. The Labute approximate surface area is 128 Å². The molecule has 0 N–H and O–H groups in total. The Morgan fingerprint density at radius 2 is 1.90 bits per heavy atom. The minimum absolute atomic E-state index is 0.713. The molecule has 106 valence electrons. The summed E-state index contributed by atoms with van der Waals surface area (Å²) in [6.45, 7) is 2.32. The molecule has 0 saturated carbocycles. The number of anilines is 1. The van der Waals surface area contributed by atoms with Crippen LogP contribution >= 0.6 is 11.6 Å². The lowest BCUT2D eigenvalue weighted by Crippen LogP contribution is -2.17. The molecule has 0 amide bonds. The molecule has 3 heterocycles. The van der Waals surface area contributed by atoms with Gasteiger partial charge < -0.3 is 4.90 Å². The van der Waals surface area contributed by atoms with E-state index in [1.807, 2.05) is 24.5 Å². The number of halogens is 1. The van der Waals surface area contributed by atoms with Gasteiger partial charge >= 0.3 is 0 Å². The molecule has 4 rings (SSSR count). The lowest BCUT2D eigenvalue weighted by molar-refractivity contribution is 0.949. The zero-order chi connectivity index (χ0) is 14.2. The summed E-state index contributed by atoms with van der Waals surface area (Å²) in [6.07, 6.45) is 6.47. The van der Waals surface area contributed by atoms with E-state index in [9.17, 15) is 0 Å². The average molecular weight is 298 g/mol. The molecule has 21 heavy (non-hydrogen) atoms. The average Bonchev–Trinajstić information content (AvgIpc) is 3.16. The predicted molar refractivity (Wildman–Crippen MR) is 87.1 cm³/mol. The van der Waals surface area contributed by atoms with E-state index < -0.39 is 0 Å². The molecule has 2 aromatic heterocycles. The zero-order valence-corrected chi connectivity index (χ0v) is 12.4. The van der Waals surface area contributed by atoms with E-state index in [2.05, 4.69) is 38.6 Å². The van der Waals surface area contributed by atoms with Crippen molar-refractivity contribution in [2.75, 3.05) is 18.0 Å². The van der Waals surface area contributed by atoms with Gasteiger partial charge in [0.05, 0.1) is 11.9 Å². The number of hydrogen-bond donors (Lipinski definition) is 0. The third kappa shape index (κ3) is 2.28. The second kappa shape index (κ2) is 5.08. The summed E-state index contributed by atoms with van der Waals surface area (Å²) in [5, 5.41) is 0.713. The van der Waals surface area contributed by atoms with Gasteiger partial charge in [0.25, 0.3) is 0 Å². The lowest BCUT2D eigenvalue weighted by atomic mass is 10.1. The molecule has 0 aliphatic carbocycles. The fourth-order valence-corrected chi connectivity index (χ4v) is 3.16. The molecule has 0 bridgehead atoms. The van der Waals surface area contributed by atoms with Gasteiger partial charge in [0.15, 0.2) is 0 Å². The van der Waals surface area contributed by atoms with Crippen molar-refractivity contribution >= 4 is 22.9 Å². The molecule has 0 atom stereocenters. The summed E-state index contributed by atoms with van der Waals surface area (Å²) in [4.78, 5) is 6.90. The third-order valence-corrected chi connectivity index (χ3v) is 4.32. The largest absolute Gasteiger partial charge is 0.372 e. The van der Waals surface area contributed by atoms with E-state index in [1.165, 1.54) is 24.1 Å². The van der Waals surface area contributed by atoms with Gasteiger partial charge in [-0.05, 0) is 31.0 Å². The first-order valence-corrected chi connectivity index (χ1v) is 7.67. The Hall–Kier alpha value is -2.00. The zero-order valence-electron chi connectivity index (χ0n) is 11.7. The van der Waals surface area contributed by atoms with E-state index >= 15 is 0 Å². The maximum absolute atomic E-state index is 6.03. The highest BCUT2D eigenvalue weighted by atomic mass is 35.5. The number of rotatable bonds is 2. The Bertz CT molecular complexity index is 788. The molecular weight excluding hydrogens is 282 g/mol. The van der Waals surface area contributed by atoms with Crippen LogP contribution in [0.25, 0.3) is 16.9 Å². The first kappa shape index (κ1) is 12.7. The van der Waals surface area contributed by atoms with Crippen LogP contribution in [-0.2, 0) is 0 Å². The van der Waals surface area contributed by atoms with Crippen molar-refractivity contribution in [3.8, 4) is 11.3 Å². The number of aromatic nitrogens is 2. The Morgan fingerprint density at radius 1 is 1.05 bits per heavy atom. The number of nitrogens with zero attached hydrogens (tertiary/aromatic N) is 3. The molecular formula is C17H16ClN3.